The van der Waals surface area contributed by atoms with E-state index in [4.69, 9.17) is 16.3 Å². The number of halogens is 3. The molecule has 1 saturated heterocycles. The van der Waals surface area contributed by atoms with Crippen molar-refractivity contribution in [2.75, 3.05) is 31.2 Å². The Balaban J connectivity index is 1.88. The lowest BCUT2D eigenvalue weighted by atomic mass is 10.1. The number of rotatable bonds is 3. The van der Waals surface area contributed by atoms with Crippen molar-refractivity contribution in [3.8, 4) is 5.82 Å². The Morgan fingerprint density at radius 1 is 1.19 bits per heavy atom. The van der Waals surface area contributed by atoms with Crippen molar-refractivity contribution in [1.29, 1.82) is 0 Å². The molecule has 0 amide bonds. The van der Waals surface area contributed by atoms with Crippen LogP contribution in [0.4, 0.5) is 14.6 Å². The molecule has 136 valence electrons. The van der Waals surface area contributed by atoms with Gasteiger partial charge in [0.05, 0.1) is 24.1 Å². The second-order valence-electron chi connectivity index (χ2n) is 6.15. The summed E-state index contributed by atoms with van der Waals surface area (Å²) in [5.74, 6) is -1.95. The zero-order valence-electron chi connectivity index (χ0n) is 14.0. The van der Waals surface area contributed by atoms with Crippen LogP contribution in [0.15, 0.2) is 30.6 Å². The Morgan fingerprint density at radius 3 is 2.69 bits per heavy atom. The highest BCUT2D eigenvalue weighted by Gasteiger charge is 2.26. The SMILES string of the molecule is CC(F)(F)c1ccnc(-n2nc(N3CCOCC3)c3cnc(Cl)cc32)c1. The molecule has 26 heavy (non-hydrogen) atoms. The molecule has 1 aliphatic heterocycles. The molecule has 6 nitrogen and oxygen atoms in total. The lowest BCUT2D eigenvalue weighted by Gasteiger charge is -2.26. The molecule has 0 saturated carbocycles. The summed E-state index contributed by atoms with van der Waals surface area (Å²) in [6.07, 6.45) is 3.00. The Hall–Kier alpha value is -2.32. The van der Waals surface area contributed by atoms with Gasteiger partial charge in [-0.2, -0.15) is 0 Å². The van der Waals surface area contributed by atoms with Crippen molar-refractivity contribution >= 4 is 28.3 Å². The van der Waals surface area contributed by atoms with Gasteiger partial charge in [0.1, 0.15) is 5.15 Å². The van der Waals surface area contributed by atoms with Crippen LogP contribution in [0.2, 0.25) is 5.15 Å². The Kier molecular flexibility index (Phi) is 4.24. The minimum absolute atomic E-state index is 0.126. The Bertz CT molecular complexity index is 950. The van der Waals surface area contributed by atoms with Crippen LogP contribution in [0.25, 0.3) is 16.7 Å². The van der Waals surface area contributed by atoms with Gasteiger partial charge in [-0.25, -0.2) is 23.4 Å². The topological polar surface area (TPSA) is 56.1 Å². The highest BCUT2D eigenvalue weighted by molar-refractivity contribution is 6.30. The summed E-state index contributed by atoms with van der Waals surface area (Å²) in [7, 11) is 0. The lowest BCUT2D eigenvalue weighted by Crippen LogP contribution is -2.36. The van der Waals surface area contributed by atoms with Crippen molar-refractivity contribution in [1.82, 2.24) is 19.7 Å². The van der Waals surface area contributed by atoms with Crippen LogP contribution in [-0.4, -0.2) is 46.1 Å². The number of aromatic nitrogens is 4. The number of anilines is 1. The maximum Gasteiger partial charge on any atom is 0.270 e. The molecule has 0 bridgehead atoms. The zero-order chi connectivity index (χ0) is 18.3. The normalized spacial score (nSPS) is 15.6. The molecule has 0 radical (unpaired) electrons. The molecule has 1 fully saturated rings. The van der Waals surface area contributed by atoms with E-state index in [1.165, 1.54) is 23.0 Å². The van der Waals surface area contributed by atoms with Crippen LogP contribution in [-0.2, 0) is 10.7 Å². The average Bonchev–Trinajstić information content (AvgIpc) is 3.00. The van der Waals surface area contributed by atoms with Gasteiger partial charge in [0, 0.05) is 44.0 Å². The van der Waals surface area contributed by atoms with Crippen LogP contribution >= 0.6 is 11.6 Å². The van der Waals surface area contributed by atoms with E-state index in [1.807, 2.05) is 0 Å². The minimum atomic E-state index is -2.97. The molecule has 1 aliphatic rings. The van der Waals surface area contributed by atoms with E-state index in [0.717, 1.165) is 12.3 Å². The monoisotopic (exact) mass is 379 g/mol. The van der Waals surface area contributed by atoms with Crippen LogP contribution in [0, 0.1) is 0 Å². The first kappa shape index (κ1) is 17.1. The first-order valence-electron chi connectivity index (χ1n) is 8.15. The van der Waals surface area contributed by atoms with E-state index in [0.29, 0.717) is 48.6 Å². The van der Waals surface area contributed by atoms with Gasteiger partial charge in [0.2, 0.25) is 0 Å². The van der Waals surface area contributed by atoms with Gasteiger partial charge in [-0.15, -0.1) is 5.10 Å². The summed E-state index contributed by atoms with van der Waals surface area (Å²) in [6, 6.07) is 4.29. The van der Waals surface area contributed by atoms with Gasteiger partial charge >= 0.3 is 0 Å². The third-order valence-corrected chi connectivity index (χ3v) is 4.50. The summed E-state index contributed by atoms with van der Waals surface area (Å²) in [6.45, 7) is 3.44. The minimum Gasteiger partial charge on any atom is -0.378 e. The molecule has 0 aromatic carbocycles. The van der Waals surface area contributed by atoms with Gasteiger partial charge in [-0.1, -0.05) is 11.6 Å². The van der Waals surface area contributed by atoms with Gasteiger partial charge < -0.3 is 9.64 Å². The zero-order valence-corrected chi connectivity index (χ0v) is 14.7. The number of morpholine rings is 1. The fraction of sp³-hybridized carbons (Fsp3) is 0.353. The van der Waals surface area contributed by atoms with Crippen LogP contribution in [0.3, 0.4) is 0 Å². The molecule has 4 rings (SSSR count). The number of hydrogen-bond donors (Lipinski definition) is 0. The maximum absolute atomic E-state index is 13.7. The fourth-order valence-electron chi connectivity index (χ4n) is 2.96. The van der Waals surface area contributed by atoms with Gasteiger partial charge in [0.25, 0.3) is 5.92 Å². The quantitative estimate of drug-likeness (QED) is 0.653. The standard InChI is InChI=1S/C17H16ClF2N5O/c1-17(19,20)11-2-3-21-15(8-11)25-13-9-14(18)22-10-12(13)16(23-25)24-4-6-26-7-5-24/h2-3,8-10H,4-7H2,1H3. The lowest BCUT2D eigenvalue weighted by molar-refractivity contribution is 0.0173. The summed E-state index contributed by atoms with van der Waals surface area (Å²) < 4.78 is 34.3. The van der Waals surface area contributed by atoms with E-state index < -0.39 is 5.92 Å². The molecule has 3 aromatic rings. The molecule has 0 unspecified atom stereocenters. The van der Waals surface area contributed by atoms with Crippen molar-refractivity contribution in [2.24, 2.45) is 0 Å². The summed E-state index contributed by atoms with van der Waals surface area (Å²) in [4.78, 5) is 10.4. The molecule has 0 aliphatic carbocycles. The molecule has 0 spiro atoms. The highest BCUT2D eigenvalue weighted by atomic mass is 35.5. The van der Waals surface area contributed by atoms with Crippen molar-refractivity contribution < 1.29 is 13.5 Å². The summed E-state index contributed by atoms with van der Waals surface area (Å²) >= 11 is 6.05. The second-order valence-corrected chi connectivity index (χ2v) is 6.54. The summed E-state index contributed by atoms with van der Waals surface area (Å²) in [5.41, 5.74) is 0.537. The smallest absolute Gasteiger partial charge is 0.270 e. The van der Waals surface area contributed by atoms with E-state index >= 15 is 0 Å². The summed E-state index contributed by atoms with van der Waals surface area (Å²) in [5, 5.41) is 5.71. The molecule has 3 aromatic heterocycles. The molecule has 0 atom stereocenters. The third-order valence-electron chi connectivity index (χ3n) is 4.29. The first-order chi connectivity index (χ1) is 12.4. The van der Waals surface area contributed by atoms with Crippen LogP contribution in [0.5, 0.6) is 0 Å². The maximum atomic E-state index is 13.7. The second kappa shape index (κ2) is 6.44. The number of nitrogens with zero attached hydrogens (tertiary/aromatic N) is 5. The van der Waals surface area contributed by atoms with E-state index in [-0.39, 0.29) is 5.56 Å². The molecular weight excluding hydrogens is 364 g/mol. The van der Waals surface area contributed by atoms with Gasteiger partial charge in [0.15, 0.2) is 11.6 Å². The number of pyridine rings is 2. The van der Waals surface area contributed by atoms with Crippen LogP contribution in [0.1, 0.15) is 12.5 Å². The third kappa shape index (κ3) is 3.10. The average molecular weight is 380 g/mol. The number of ether oxygens (including phenoxy) is 1. The first-order valence-corrected chi connectivity index (χ1v) is 8.53. The van der Waals surface area contributed by atoms with Crippen molar-refractivity contribution in [3.05, 3.63) is 41.3 Å². The van der Waals surface area contributed by atoms with Gasteiger partial charge in [-0.05, 0) is 12.1 Å². The molecular formula is C17H16ClF2N5O. The molecule has 9 heteroatoms. The molecule has 0 N–H and O–H groups in total. The predicted octanol–water partition coefficient (Wildman–Crippen LogP) is 3.42. The number of alkyl halides is 2. The highest BCUT2D eigenvalue weighted by Crippen LogP contribution is 2.31. The number of hydrogen-bond acceptors (Lipinski definition) is 5. The van der Waals surface area contributed by atoms with E-state index in [1.54, 1.807) is 12.3 Å². The predicted molar refractivity (Wildman–Crippen MR) is 94.3 cm³/mol. The number of fused-ring (bicyclic) bond motifs is 1. The van der Waals surface area contributed by atoms with E-state index in [2.05, 4.69) is 20.0 Å². The van der Waals surface area contributed by atoms with Crippen LogP contribution < -0.4 is 4.90 Å². The van der Waals surface area contributed by atoms with Crippen molar-refractivity contribution in [3.63, 3.8) is 0 Å². The fourth-order valence-corrected chi connectivity index (χ4v) is 3.11. The van der Waals surface area contributed by atoms with Gasteiger partial charge in [-0.3, -0.25) is 0 Å². The Labute approximate surface area is 153 Å². The largest absolute Gasteiger partial charge is 0.378 e. The Morgan fingerprint density at radius 2 is 1.96 bits per heavy atom. The van der Waals surface area contributed by atoms with E-state index in [9.17, 15) is 8.78 Å². The molecule has 4 heterocycles. The van der Waals surface area contributed by atoms with Crippen molar-refractivity contribution in [2.45, 2.75) is 12.8 Å².